The predicted molar refractivity (Wildman–Crippen MR) is 135 cm³/mol. The van der Waals surface area contributed by atoms with Crippen LogP contribution in [0.2, 0.25) is 0 Å². The maximum atomic E-state index is 12.4. The number of amides is 2. The van der Waals surface area contributed by atoms with Crippen molar-refractivity contribution in [3.05, 3.63) is 41.2 Å². The SMILES string of the molecule is CCCCP(=O)(O)C1=CC[C@H](NC(=O)CCCCCCCNC(=O)c2ccccc2NC)C1. The normalized spacial score (nSPS) is 17.2. The maximum absolute atomic E-state index is 12.4. The molecule has 1 aliphatic rings. The van der Waals surface area contributed by atoms with Crippen molar-refractivity contribution in [2.24, 2.45) is 0 Å². The minimum absolute atomic E-state index is 0.0199. The van der Waals surface area contributed by atoms with Crippen LogP contribution >= 0.6 is 7.37 Å². The first-order valence-corrected chi connectivity index (χ1v) is 14.1. The third-order valence-corrected chi connectivity index (χ3v) is 8.21. The highest BCUT2D eigenvalue weighted by atomic mass is 31.2. The van der Waals surface area contributed by atoms with Crippen LogP contribution in [0.4, 0.5) is 5.69 Å². The van der Waals surface area contributed by atoms with Gasteiger partial charge in [-0.3, -0.25) is 14.2 Å². The highest BCUT2D eigenvalue weighted by molar-refractivity contribution is 7.62. The van der Waals surface area contributed by atoms with Gasteiger partial charge in [0.25, 0.3) is 5.91 Å². The van der Waals surface area contributed by atoms with E-state index >= 15 is 0 Å². The molecule has 0 fully saturated rings. The van der Waals surface area contributed by atoms with Crippen LogP contribution in [0.15, 0.2) is 35.7 Å². The summed E-state index contributed by atoms with van der Waals surface area (Å²) in [6, 6.07) is 7.39. The molecule has 0 heterocycles. The lowest BCUT2D eigenvalue weighted by Gasteiger charge is -2.16. The molecule has 8 heteroatoms. The van der Waals surface area contributed by atoms with Crippen LogP contribution in [-0.2, 0) is 9.36 Å². The number of nitrogens with one attached hydrogen (secondary N) is 3. The second-order valence-corrected chi connectivity index (χ2v) is 11.2. The Morgan fingerprint density at radius 2 is 1.82 bits per heavy atom. The van der Waals surface area contributed by atoms with Gasteiger partial charge in [0.05, 0.1) is 5.56 Å². The lowest BCUT2D eigenvalue weighted by atomic mass is 10.1. The summed E-state index contributed by atoms with van der Waals surface area (Å²) in [5, 5.41) is 9.63. The van der Waals surface area contributed by atoms with E-state index in [4.69, 9.17) is 0 Å². The smallest absolute Gasteiger partial charge is 0.253 e. The average molecular weight is 478 g/mol. The predicted octanol–water partition coefficient (Wildman–Crippen LogP) is 5.03. The summed E-state index contributed by atoms with van der Waals surface area (Å²) in [6.07, 6.45) is 10.2. The molecule has 0 bridgehead atoms. The average Bonchev–Trinajstić information content (AvgIpc) is 3.28. The fourth-order valence-corrected chi connectivity index (χ4v) is 5.97. The summed E-state index contributed by atoms with van der Waals surface area (Å²) in [7, 11) is -1.42. The van der Waals surface area contributed by atoms with Gasteiger partial charge in [-0.1, -0.05) is 50.8 Å². The van der Waals surface area contributed by atoms with E-state index in [0.29, 0.717) is 42.8 Å². The van der Waals surface area contributed by atoms with Crippen molar-refractivity contribution < 1.29 is 19.0 Å². The fraction of sp³-hybridized carbons (Fsp3) is 0.600. The van der Waals surface area contributed by atoms with Crippen LogP contribution in [0.1, 0.15) is 81.5 Å². The number of benzene rings is 1. The first kappa shape index (κ1) is 27.1. The van der Waals surface area contributed by atoms with E-state index in [1.165, 1.54) is 0 Å². The van der Waals surface area contributed by atoms with Gasteiger partial charge in [-0.2, -0.15) is 0 Å². The van der Waals surface area contributed by atoms with E-state index in [1.807, 2.05) is 37.3 Å². The van der Waals surface area contributed by atoms with Crippen LogP contribution in [0.3, 0.4) is 0 Å². The lowest BCUT2D eigenvalue weighted by molar-refractivity contribution is -0.121. The second kappa shape index (κ2) is 14.2. The topological polar surface area (TPSA) is 108 Å². The molecule has 0 aliphatic heterocycles. The summed E-state index contributed by atoms with van der Waals surface area (Å²) in [6.45, 7) is 2.65. The van der Waals surface area contributed by atoms with Crippen LogP contribution in [0, 0.1) is 0 Å². The van der Waals surface area contributed by atoms with Crippen LogP contribution in [-0.4, -0.2) is 42.5 Å². The molecule has 0 spiro atoms. The minimum Gasteiger partial charge on any atom is -0.387 e. The van der Waals surface area contributed by atoms with Gasteiger partial charge in [0.1, 0.15) is 0 Å². The van der Waals surface area contributed by atoms with E-state index < -0.39 is 7.37 Å². The quantitative estimate of drug-likeness (QED) is 0.209. The number of para-hydroxylation sites is 1. The number of carbonyl (C=O) groups is 2. The van der Waals surface area contributed by atoms with Gasteiger partial charge < -0.3 is 20.8 Å². The Morgan fingerprint density at radius 3 is 2.58 bits per heavy atom. The molecule has 0 radical (unpaired) electrons. The van der Waals surface area contributed by atoms with Gasteiger partial charge in [0, 0.05) is 43.2 Å². The largest absolute Gasteiger partial charge is 0.387 e. The highest BCUT2D eigenvalue weighted by Gasteiger charge is 2.30. The summed E-state index contributed by atoms with van der Waals surface area (Å²) < 4.78 is 12.4. The van der Waals surface area contributed by atoms with E-state index in [9.17, 15) is 19.0 Å². The van der Waals surface area contributed by atoms with Crippen molar-refractivity contribution in [3.8, 4) is 0 Å². The molecule has 1 aliphatic carbocycles. The Labute approximate surface area is 198 Å². The maximum Gasteiger partial charge on any atom is 0.253 e. The molecule has 1 aromatic rings. The molecule has 33 heavy (non-hydrogen) atoms. The van der Waals surface area contributed by atoms with Gasteiger partial charge in [-0.15, -0.1) is 0 Å². The van der Waals surface area contributed by atoms with Gasteiger partial charge in [-0.05, 0) is 44.2 Å². The Kier molecular flexibility index (Phi) is 11.7. The van der Waals surface area contributed by atoms with Gasteiger partial charge >= 0.3 is 0 Å². The van der Waals surface area contributed by atoms with Crippen LogP contribution < -0.4 is 16.0 Å². The van der Waals surface area contributed by atoms with Crippen molar-refractivity contribution in [2.45, 2.75) is 77.2 Å². The zero-order chi connectivity index (χ0) is 24.1. The first-order valence-electron chi connectivity index (χ1n) is 12.2. The summed E-state index contributed by atoms with van der Waals surface area (Å²) in [5.41, 5.74) is 1.47. The van der Waals surface area contributed by atoms with Gasteiger partial charge in [0.15, 0.2) is 0 Å². The molecule has 2 amide bonds. The highest BCUT2D eigenvalue weighted by Crippen LogP contribution is 2.54. The van der Waals surface area contributed by atoms with Gasteiger partial charge in [0.2, 0.25) is 13.3 Å². The van der Waals surface area contributed by atoms with Crippen molar-refractivity contribution in [1.82, 2.24) is 10.6 Å². The number of hydrogen-bond donors (Lipinski definition) is 4. The molecule has 1 aromatic carbocycles. The standard InChI is InChI=1S/C25H40N3O4P/c1-3-4-18-33(31,32)21-16-15-20(19-21)28-24(29)14-8-6-5-7-11-17-27-25(30)22-12-9-10-13-23(22)26-2/h9-10,12-13,16,20,26H,3-8,11,14-15,17-19H2,1-2H3,(H,27,30)(H,28,29)(H,31,32)/t20-/m0/s1. The van der Waals surface area contributed by atoms with E-state index in [-0.39, 0.29) is 17.9 Å². The first-order chi connectivity index (χ1) is 15.9. The summed E-state index contributed by atoms with van der Waals surface area (Å²) in [5.74, 6) is -0.0458. The molecule has 4 N–H and O–H groups in total. The van der Waals surface area contributed by atoms with Crippen molar-refractivity contribution >= 4 is 24.9 Å². The molecule has 0 saturated carbocycles. The number of hydrogen-bond acceptors (Lipinski definition) is 4. The second-order valence-electron chi connectivity index (χ2n) is 8.75. The monoisotopic (exact) mass is 477 g/mol. The zero-order valence-corrected chi connectivity index (χ0v) is 21.0. The van der Waals surface area contributed by atoms with Gasteiger partial charge in [-0.25, -0.2) is 0 Å². The molecular formula is C25H40N3O4P. The summed E-state index contributed by atoms with van der Waals surface area (Å²) in [4.78, 5) is 34.7. The Morgan fingerprint density at radius 1 is 1.09 bits per heavy atom. The molecule has 2 rings (SSSR count). The molecule has 0 aromatic heterocycles. The zero-order valence-electron chi connectivity index (χ0n) is 20.1. The Bertz CT molecular complexity index is 856. The molecule has 184 valence electrons. The van der Waals surface area contributed by atoms with Crippen LogP contribution in [0.25, 0.3) is 0 Å². The molecular weight excluding hydrogens is 437 g/mol. The number of unbranched alkanes of at least 4 members (excludes halogenated alkanes) is 5. The number of carbonyl (C=O) groups excluding carboxylic acids is 2. The number of rotatable bonds is 15. The lowest BCUT2D eigenvalue weighted by Crippen LogP contribution is -2.32. The van der Waals surface area contributed by atoms with E-state index in [1.54, 1.807) is 7.05 Å². The number of anilines is 1. The van der Waals surface area contributed by atoms with Crippen molar-refractivity contribution in [3.63, 3.8) is 0 Å². The third kappa shape index (κ3) is 9.34. The van der Waals surface area contributed by atoms with Crippen molar-refractivity contribution in [2.75, 3.05) is 25.1 Å². The minimum atomic E-state index is -3.22. The molecule has 2 atom stereocenters. The Hall–Kier alpha value is -2.11. The van der Waals surface area contributed by atoms with Crippen molar-refractivity contribution in [1.29, 1.82) is 0 Å². The summed E-state index contributed by atoms with van der Waals surface area (Å²) >= 11 is 0. The molecule has 7 nitrogen and oxygen atoms in total. The Balaban J connectivity index is 1.51. The van der Waals surface area contributed by atoms with E-state index in [2.05, 4.69) is 16.0 Å². The third-order valence-electron chi connectivity index (χ3n) is 6.03. The van der Waals surface area contributed by atoms with E-state index in [0.717, 1.165) is 50.6 Å². The molecule has 1 unspecified atom stereocenters. The fourth-order valence-electron chi connectivity index (χ4n) is 4.05. The molecule has 0 saturated heterocycles. The van der Waals surface area contributed by atoms with Crippen LogP contribution in [0.5, 0.6) is 0 Å².